The van der Waals surface area contributed by atoms with Crippen LogP contribution in [0, 0.1) is 0 Å². The van der Waals surface area contributed by atoms with Crippen molar-refractivity contribution in [3.8, 4) is 0 Å². The zero-order valence-corrected chi connectivity index (χ0v) is 11.8. The van der Waals surface area contributed by atoms with E-state index in [4.69, 9.17) is 11.6 Å². The summed E-state index contributed by atoms with van der Waals surface area (Å²) in [7, 11) is 0.818. The summed E-state index contributed by atoms with van der Waals surface area (Å²) in [4.78, 5) is 0. The van der Waals surface area contributed by atoms with Gasteiger partial charge in [-0.3, -0.25) is 4.21 Å². The fourth-order valence-corrected chi connectivity index (χ4v) is 2.93. The minimum atomic E-state index is -1.03. The van der Waals surface area contributed by atoms with Gasteiger partial charge in [-0.05, 0) is 24.6 Å². The summed E-state index contributed by atoms with van der Waals surface area (Å²) in [5.74, 6) is 1.13. The standard InChI is InChI=1S/C12H14ClN3OS/c1-9(10-3-5-11(13)6-4-10)18(17)7-12-15-14-8-16(12)2/h3-6,8-9H,7H2,1-2H3/t9-,18-/m0/s1. The van der Waals surface area contributed by atoms with Crippen LogP contribution in [0.15, 0.2) is 30.6 Å². The van der Waals surface area contributed by atoms with Crippen LogP contribution in [0.2, 0.25) is 5.02 Å². The zero-order valence-electron chi connectivity index (χ0n) is 10.2. The average Bonchev–Trinajstić information content (AvgIpc) is 2.75. The molecule has 0 saturated carbocycles. The van der Waals surface area contributed by atoms with Gasteiger partial charge in [0, 0.05) is 22.9 Å². The number of aromatic nitrogens is 3. The second kappa shape index (κ2) is 5.63. The second-order valence-corrected chi connectivity index (χ2v) is 6.27. The molecule has 0 bridgehead atoms. The van der Waals surface area contributed by atoms with Crippen LogP contribution in [0.3, 0.4) is 0 Å². The van der Waals surface area contributed by atoms with Crippen LogP contribution in [0.5, 0.6) is 0 Å². The van der Waals surface area contributed by atoms with Gasteiger partial charge in [0.1, 0.15) is 12.2 Å². The van der Waals surface area contributed by atoms with Crippen LogP contribution >= 0.6 is 11.6 Å². The number of hydrogen-bond donors (Lipinski definition) is 0. The van der Waals surface area contributed by atoms with E-state index in [2.05, 4.69) is 10.2 Å². The van der Waals surface area contributed by atoms with E-state index >= 15 is 0 Å². The van der Waals surface area contributed by atoms with Gasteiger partial charge in [-0.15, -0.1) is 10.2 Å². The van der Waals surface area contributed by atoms with Gasteiger partial charge >= 0.3 is 0 Å². The minimum Gasteiger partial charge on any atom is -0.320 e. The first-order chi connectivity index (χ1) is 8.58. The molecule has 2 aromatic rings. The normalized spacial score (nSPS) is 14.4. The van der Waals surface area contributed by atoms with Gasteiger partial charge in [0.25, 0.3) is 0 Å². The zero-order chi connectivity index (χ0) is 13.1. The average molecular weight is 284 g/mol. The lowest BCUT2D eigenvalue weighted by atomic mass is 10.2. The number of hydrogen-bond acceptors (Lipinski definition) is 3. The van der Waals surface area contributed by atoms with Crippen molar-refractivity contribution < 1.29 is 4.21 Å². The van der Waals surface area contributed by atoms with Crippen LogP contribution in [-0.2, 0) is 23.6 Å². The van der Waals surface area contributed by atoms with Crippen LogP contribution < -0.4 is 0 Å². The minimum absolute atomic E-state index is 0.0565. The Labute approximate surface area is 113 Å². The second-order valence-electron chi connectivity index (χ2n) is 4.08. The maximum atomic E-state index is 12.2. The molecule has 2 rings (SSSR count). The maximum absolute atomic E-state index is 12.2. The molecular weight excluding hydrogens is 270 g/mol. The fourth-order valence-electron chi connectivity index (χ4n) is 1.58. The molecular formula is C12H14ClN3OS. The van der Waals surface area contributed by atoms with E-state index in [0.29, 0.717) is 10.8 Å². The number of rotatable bonds is 4. The molecule has 0 fully saturated rings. The van der Waals surface area contributed by atoms with Gasteiger partial charge in [-0.1, -0.05) is 23.7 Å². The molecule has 0 unspecified atom stereocenters. The van der Waals surface area contributed by atoms with E-state index in [9.17, 15) is 4.21 Å². The number of halogens is 1. The molecule has 1 aromatic heterocycles. The van der Waals surface area contributed by atoms with Crippen molar-refractivity contribution >= 4 is 22.4 Å². The van der Waals surface area contributed by atoms with E-state index in [1.165, 1.54) is 0 Å². The lowest BCUT2D eigenvalue weighted by molar-refractivity contribution is 0.672. The topological polar surface area (TPSA) is 47.8 Å². The van der Waals surface area contributed by atoms with Gasteiger partial charge in [-0.2, -0.15) is 0 Å². The summed E-state index contributed by atoms with van der Waals surface area (Å²) in [5, 5.41) is 8.35. The largest absolute Gasteiger partial charge is 0.320 e. The molecule has 96 valence electrons. The molecule has 0 amide bonds. The fraction of sp³-hybridized carbons (Fsp3) is 0.333. The monoisotopic (exact) mass is 283 g/mol. The van der Waals surface area contributed by atoms with E-state index in [-0.39, 0.29) is 5.25 Å². The molecule has 0 aliphatic carbocycles. The Morgan fingerprint density at radius 2 is 2.06 bits per heavy atom. The van der Waals surface area contributed by atoms with Gasteiger partial charge in [0.15, 0.2) is 0 Å². The molecule has 6 heteroatoms. The van der Waals surface area contributed by atoms with Crippen molar-refractivity contribution in [3.63, 3.8) is 0 Å². The van der Waals surface area contributed by atoms with Crippen molar-refractivity contribution in [2.24, 2.45) is 7.05 Å². The third kappa shape index (κ3) is 2.97. The van der Waals surface area contributed by atoms with Gasteiger partial charge in [0.05, 0.1) is 11.0 Å². The molecule has 0 spiro atoms. The molecule has 1 aromatic carbocycles. The molecule has 1 heterocycles. The lowest BCUT2D eigenvalue weighted by Crippen LogP contribution is -2.08. The van der Waals surface area contributed by atoms with Crippen molar-refractivity contribution in [1.82, 2.24) is 14.8 Å². The smallest absolute Gasteiger partial charge is 0.145 e. The van der Waals surface area contributed by atoms with Crippen LogP contribution in [0.4, 0.5) is 0 Å². The molecule has 0 aliphatic rings. The first-order valence-electron chi connectivity index (χ1n) is 5.53. The first kappa shape index (κ1) is 13.2. The summed E-state index contributed by atoms with van der Waals surface area (Å²) < 4.78 is 14.0. The summed E-state index contributed by atoms with van der Waals surface area (Å²) in [6.07, 6.45) is 1.61. The highest BCUT2D eigenvalue weighted by Gasteiger charge is 2.16. The molecule has 0 aliphatic heterocycles. The predicted molar refractivity (Wildman–Crippen MR) is 72.7 cm³/mol. The first-order valence-corrected chi connectivity index (χ1v) is 7.29. The highest BCUT2D eigenvalue weighted by Crippen LogP contribution is 2.22. The molecule has 0 saturated heterocycles. The van der Waals surface area contributed by atoms with E-state index < -0.39 is 10.8 Å². The van der Waals surface area contributed by atoms with Crippen LogP contribution in [-0.4, -0.2) is 19.0 Å². The third-order valence-electron chi connectivity index (χ3n) is 2.81. The summed E-state index contributed by atoms with van der Waals surface area (Å²) in [6, 6.07) is 7.43. The summed E-state index contributed by atoms with van der Waals surface area (Å²) >= 11 is 5.83. The number of benzene rings is 1. The summed E-state index contributed by atoms with van der Waals surface area (Å²) in [6.45, 7) is 1.94. The van der Waals surface area contributed by atoms with E-state index in [1.807, 2.05) is 38.2 Å². The SMILES string of the molecule is C[C@@H](c1ccc(Cl)cc1)[S@@](=O)Cc1nncn1C. The highest BCUT2D eigenvalue weighted by molar-refractivity contribution is 7.84. The molecule has 0 N–H and O–H groups in total. The van der Waals surface area contributed by atoms with Crippen molar-refractivity contribution in [1.29, 1.82) is 0 Å². The van der Waals surface area contributed by atoms with Crippen molar-refractivity contribution in [2.45, 2.75) is 17.9 Å². The Hall–Kier alpha value is -1.20. The Bertz CT molecular complexity index is 553. The van der Waals surface area contributed by atoms with Gasteiger partial charge in [-0.25, -0.2) is 0 Å². The lowest BCUT2D eigenvalue weighted by Gasteiger charge is -2.11. The highest BCUT2D eigenvalue weighted by atomic mass is 35.5. The summed E-state index contributed by atoms with van der Waals surface area (Å²) in [5.41, 5.74) is 1.01. The Morgan fingerprint density at radius 3 is 2.61 bits per heavy atom. The molecule has 4 nitrogen and oxygen atoms in total. The maximum Gasteiger partial charge on any atom is 0.145 e. The number of aryl methyl sites for hydroxylation is 1. The van der Waals surface area contributed by atoms with E-state index in [1.54, 1.807) is 10.9 Å². The molecule has 2 atom stereocenters. The number of nitrogens with zero attached hydrogens (tertiary/aromatic N) is 3. The Morgan fingerprint density at radius 1 is 1.39 bits per heavy atom. The molecule has 18 heavy (non-hydrogen) atoms. The van der Waals surface area contributed by atoms with Crippen molar-refractivity contribution in [2.75, 3.05) is 0 Å². The molecule has 0 radical (unpaired) electrons. The predicted octanol–water partition coefficient (Wildman–Crippen LogP) is 2.48. The van der Waals surface area contributed by atoms with Crippen molar-refractivity contribution in [3.05, 3.63) is 47.0 Å². The van der Waals surface area contributed by atoms with Crippen LogP contribution in [0.25, 0.3) is 0 Å². The quantitative estimate of drug-likeness (QED) is 0.866. The third-order valence-corrected chi connectivity index (χ3v) is 4.67. The van der Waals surface area contributed by atoms with E-state index in [0.717, 1.165) is 11.4 Å². The van der Waals surface area contributed by atoms with Gasteiger partial charge < -0.3 is 4.57 Å². The van der Waals surface area contributed by atoms with Gasteiger partial charge in [0.2, 0.25) is 0 Å². The van der Waals surface area contributed by atoms with Crippen LogP contribution in [0.1, 0.15) is 23.6 Å². The Balaban J connectivity index is 2.09. The Kier molecular flexibility index (Phi) is 4.14.